The smallest absolute Gasteiger partial charge is 0.267 e. The van der Waals surface area contributed by atoms with Crippen molar-refractivity contribution in [1.29, 1.82) is 0 Å². The lowest BCUT2D eigenvalue weighted by molar-refractivity contribution is -0.133. The van der Waals surface area contributed by atoms with Crippen molar-refractivity contribution < 1.29 is 18.3 Å². The van der Waals surface area contributed by atoms with Crippen LogP contribution < -0.4 is 10.5 Å². The van der Waals surface area contributed by atoms with Crippen molar-refractivity contribution in [2.24, 2.45) is 0 Å². The summed E-state index contributed by atoms with van der Waals surface area (Å²) in [4.78, 5) is 12.7. The van der Waals surface area contributed by atoms with Crippen molar-refractivity contribution in [1.82, 2.24) is 4.90 Å². The molecule has 6 heteroatoms. The second kappa shape index (κ2) is 4.80. The Kier molecular flexibility index (Phi) is 3.36. The quantitative estimate of drug-likeness (QED) is 0.834. The fourth-order valence-corrected chi connectivity index (χ4v) is 1.75. The number of ether oxygens (including phenoxy) is 1. The first-order valence-corrected chi connectivity index (χ1v) is 5.60. The Labute approximate surface area is 103 Å². The molecule has 0 aromatic heterocycles. The van der Waals surface area contributed by atoms with Gasteiger partial charge in [-0.25, -0.2) is 8.78 Å². The van der Waals surface area contributed by atoms with Gasteiger partial charge in [-0.05, 0) is 24.3 Å². The summed E-state index contributed by atoms with van der Waals surface area (Å²) in [6.45, 7) is -0.673. The summed E-state index contributed by atoms with van der Waals surface area (Å²) < 4.78 is 31.0. The number of rotatable bonds is 3. The van der Waals surface area contributed by atoms with Crippen LogP contribution in [0.4, 0.5) is 14.5 Å². The number of nitrogen functional groups attached to an aromatic ring is 1. The number of alkyl halides is 2. The number of amides is 1. The van der Waals surface area contributed by atoms with Gasteiger partial charge in [0.1, 0.15) is 5.75 Å². The van der Waals surface area contributed by atoms with Gasteiger partial charge in [0.15, 0.2) is 6.61 Å². The largest absolute Gasteiger partial charge is 0.484 e. The third-order valence-electron chi connectivity index (χ3n) is 2.76. The molecular formula is C12H14F2N2O2. The lowest BCUT2D eigenvalue weighted by Crippen LogP contribution is -2.34. The molecule has 0 saturated carbocycles. The summed E-state index contributed by atoms with van der Waals surface area (Å²) in [6.07, 6.45) is -0.277. The van der Waals surface area contributed by atoms with E-state index in [-0.39, 0.29) is 19.6 Å². The van der Waals surface area contributed by atoms with Crippen LogP contribution in [0.2, 0.25) is 0 Å². The Hall–Kier alpha value is -1.85. The molecule has 2 N–H and O–H groups in total. The van der Waals surface area contributed by atoms with Crippen LogP contribution in [-0.4, -0.2) is 36.4 Å². The monoisotopic (exact) mass is 256 g/mol. The van der Waals surface area contributed by atoms with E-state index in [1.54, 1.807) is 24.3 Å². The summed E-state index contributed by atoms with van der Waals surface area (Å²) in [5, 5.41) is 0. The van der Waals surface area contributed by atoms with Crippen molar-refractivity contribution in [3.8, 4) is 5.75 Å². The minimum absolute atomic E-state index is 0.0803. The summed E-state index contributed by atoms with van der Waals surface area (Å²) in [5.41, 5.74) is 6.09. The molecular weight excluding hydrogens is 242 g/mol. The van der Waals surface area contributed by atoms with Crippen LogP contribution in [0.1, 0.15) is 6.42 Å². The molecule has 98 valence electrons. The van der Waals surface area contributed by atoms with Crippen LogP contribution in [0.5, 0.6) is 5.75 Å². The van der Waals surface area contributed by atoms with Crippen molar-refractivity contribution in [3.63, 3.8) is 0 Å². The van der Waals surface area contributed by atoms with Crippen LogP contribution in [0.15, 0.2) is 24.3 Å². The van der Waals surface area contributed by atoms with E-state index >= 15 is 0 Å². The molecule has 1 aromatic carbocycles. The molecule has 4 nitrogen and oxygen atoms in total. The second-order valence-corrected chi connectivity index (χ2v) is 4.28. The van der Waals surface area contributed by atoms with Crippen molar-refractivity contribution in [2.45, 2.75) is 12.3 Å². The van der Waals surface area contributed by atoms with E-state index in [9.17, 15) is 13.6 Å². The standard InChI is InChI=1S/C12H14F2N2O2/c13-12(14)5-6-16(8-12)11(17)7-18-10-3-1-9(15)2-4-10/h1-4H,5-8,15H2. The van der Waals surface area contributed by atoms with Crippen LogP contribution in [-0.2, 0) is 4.79 Å². The molecule has 1 fully saturated rings. The van der Waals surface area contributed by atoms with Crippen LogP contribution in [0.25, 0.3) is 0 Å². The van der Waals surface area contributed by atoms with E-state index in [0.29, 0.717) is 11.4 Å². The molecule has 1 aromatic rings. The first-order valence-electron chi connectivity index (χ1n) is 5.60. The lowest BCUT2D eigenvalue weighted by Gasteiger charge is -2.16. The fourth-order valence-electron chi connectivity index (χ4n) is 1.75. The molecule has 1 aliphatic rings. The van der Waals surface area contributed by atoms with E-state index in [0.717, 1.165) is 4.90 Å². The van der Waals surface area contributed by atoms with E-state index in [1.165, 1.54) is 0 Å². The molecule has 0 radical (unpaired) electrons. The van der Waals surface area contributed by atoms with Crippen molar-refractivity contribution >= 4 is 11.6 Å². The van der Waals surface area contributed by atoms with E-state index in [1.807, 2.05) is 0 Å². The minimum Gasteiger partial charge on any atom is -0.484 e. The van der Waals surface area contributed by atoms with Gasteiger partial charge in [-0.3, -0.25) is 4.79 Å². The maximum absolute atomic E-state index is 12.9. The molecule has 0 unspecified atom stereocenters. The first-order chi connectivity index (χ1) is 8.46. The van der Waals surface area contributed by atoms with Gasteiger partial charge in [0.05, 0.1) is 6.54 Å². The number of anilines is 1. The predicted octanol–water partition coefficient (Wildman–Crippen LogP) is 1.52. The molecule has 0 atom stereocenters. The average molecular weight is 256 g/mol. The minimum atomic E-state index is -2.77. The lowest BCUT2D eigenvalue weighted by atomic mass is 10.3. The number of hydrogen-bond donors (Lipinski definition) is 1. The van der Waals surface area contributed by atoms with Gasteiger partial charge in [0, 0.05) is 18.7 Å². The summed E-state index contributed by atoms with van der Waals surface area (Å²) in [7, 11) is 0. The van der Waals surface area contributed by atoms with Gasteiger partial charge < -0.3 is 15.4 Å². The Bertz CT molecular complexity index is 434. The molecule has 1 saturated heterocycles. The van der Waals surface area contributed by atoms with Gasteiger partial charge in [-0.15, -0.1) is 0 Å². The number of nitrogens with two attached hydrogens (primary N) is 1. The number of carbonyl (C=O) groups is 1. The Morgan fingerprint density at radius 3 is 2.61 bits per heavy atom. The molecule has 1 amide bonds. The molecule has 1 aliphatic heterocycles. The number of benzene rings is 1. The highest BCUT2D eigenvalue weighted by Gasteiger charge is 2.40. The Morgan fingerprint density at radius 1 is 1.39 bits per heavy atom. The van der Waals surface area contributed by atoms with Gasteiger partial charge in [0.25, 0.3) is 11.8 Å². The van der Waals surface area contributed by atoms with E-state index < -0.39 is 18.4 Å². The zero-order valence-electron chi connectivity index (χ0n) is 9.73. The third-order valence-corrected chi connectivity index (χ3v) is 2.76. The summed E-state index contributed by atoms with van der Waals surface area (Å²) >= 11 is 0. The third kappa shape index (κ3) is 3.09. The number of hydrogen-bond acceptors (Lipinski definition) is 3. The topological polar surface area (TPSA) is 55.6 Å². The summed E-state index contributed by atoms with van der Waals surface area (Å²) in [5.74, 6) is -2.70. The van der Waals surface area contributed by atoms with E-state index in [2.05, 4.69) is 0 Å². The number of halogens is 2. The maximum atomic E-state index is 12.9. The zero-order chi connectivity index (χ0) is 13.2. The van der Waals surface area contributed by atoms with Gasteiger partial charge in [-0.2, -0.15) is 0 Å². The maximum Gasteiger partial charge on any atom is 0.267 e. The first kappa shape index (κ1) is 12.6. The van der Waals surface area contributed by atoms with Crippen LogP contribution in [0, 0.1) is 0 Å². The normalized spacial score (nSPS) is 17.8. The van der Waals surface area contributed by atoms with Gasteiger partial charge in [-0.1, -0.05) is 0 Å². The van der Waals surface area contributed by atoms with Crippen LogP contribution in [0.3, 0.4) is 0 Å². The number of carbonyl (C=O) groups excluding carboxylic acids is 1. The fraction of sp³-hybridized carbons (Fsp3) is 0.417. The molecule has 0 spiro atoms. The highest BCUT2D eigenvalue weighted by atomic mass is 19.3. The number of likely N-dealkylation sites (tertiary alicyclic amines) is 1. The average Bonchev–Trinajstić information content (AvgIpc) is 2.69. The van der Waals surface area contributed by atoms with Crippen molar-refractivity contribution in [3.05, 3.63) is 24.3 Å². The predicted molar refractivity (Wildman–Crippen MR) is 62.5 cm³/mol. The highest BCUT2D eigenvalue weighted by molar-refractivity contribution is 5.78. The molecule has 18 heavy (non-hydrogen) atoms. The SMILES string of the molecule is Nc1ccc(OCC(=O)N2CCC(F)(F)C2)cc1. The van der Waals surface area contributed by atoms with E-state index in [4.69, 9.17) is 10.5 Å². The highest BCUT2D eigenvalue weighted by Crippen LogP contribution is 2.26. The summed E-state index contributed by atoms with van der Waals surface area (Å²) in [6, 6.07) is 6.54. The number of nitrogens with zero attached hydrogens (tertiary/aromatic N) is 1. The molecule has 2 rings (SSSR count). The zero-order valence-corrected chi connectivity index (χ0v) is 9.73. The van der Waals surface area contributed by atoms with Gasteiger partial charge >= 0.3 is 0 Å². The Balaban J connectivity index is 1.84. The van der Waals surface area contributed by atoms with Crippen LogP contribution >= 0.6 is 0 Å². The second-order valence-electron chi connectivity index (χ2n) is 4.28. The van der Waals surface area contributed by atoms with Gasteiger partial charge in [0.2, 0.25) is 0 Å². The molecule has 0 bridgehead atoms. The molecule has 1 heterocycles. The van der Waals surface area contributed by atoms with Crippen molar-refractivity contribution in [2.75, 3.05) is 25.4 Å². The Morgan fingerprint density at radius 2 is 2.06 bits per heavy atom. The molecule has 0 aliphatic carbocycles.